The lowest BCUT2D eigenvalue weighted by molar-refractivity contribution is -0.150. The maximum absolute atomic E-state index is 11.6. The monoisotopic (exact) mass is 337 g/mol. The van der Waals surface area contributed by atoms with E-state index < -0.39 is 11.5 Å². The molecule has 1 N–H and O–H groups in total. The molecule has 2 atom stereocenters. The highest BCUT2D eigenvalue weighted by Crippen LogP contribution is 2.36. The van der Waals surface area contributed by atoms with Gasteiger partial charge in [0.25, 0.3) is 0 Å². The van der Waals surface area contributed by atoms with Crippen LogP contribution in [0.5, 0.6) is 0 Å². The van der Waals surface area contributed by atoms with Gasteiger partial charge in [0, 0.05) is 10.5 Å². The highest BCUT2D eigenvalue weighted by atomic mass is 79.9. The Morgan fingerprint density at radius 1 is 1.45 bits per heavy atom. The second kappa shape index (κ2) is 5.15. The van der Waals surface area contributed by atoms with Crippen molar-refractivity contribution in [2.75, 3.05) is 6.54 Å². The number of halogens is 1. The van der Waals surface area contributed by atoms with Crippen LogP contribution >= 0.6 is 15.9 Å². The van der Waals surface area contributed by atoms with Crippen molar-refractivity contribution in [1.29, 1.82) is 0 Å². The number of nitrogens with zero attached hydrogens (tertiary/aromatic N) is 1. The van der Waals surface area contributed by atoms with Gasteiger partial charge in [-0.2, -0.15) is 0 Å². The van der Waals surface area contributed by atoms with E-state index in [9.17, 15) is 9.90 Å². The molecule has 1 aliphatic heterocycles. The molecule has 2 unspecified atom stereocenters. The quantitative estimate of drug-likeness (QED) is 0.900. The largest absolute Gasteiger partial charge is 0.480 e. The van der Waals surface area contributed by atoms with Crippen LogP contribution < -0.4 is 0 Å². The number of likely N-dealkylation sites (tertiary alicyclic amines) is 1. The molecule has 0 spiro atoms. The van der Waals surface area contributed by atoms with Crippen molar-refractivity contribution in [2.45, 2.75) is 50.6 Å². The minimum atomic E-state index is -0.670. The number of hydrogen-bond acceptors (Lipinski definition) is 2. The summed E-state index contributed by atoms with van der Waals surface area (Å²) in [7, 11) is 0. The van der Waals surface area contributed by atoms with E-state index in [1.807, 2.05) is 6.92 Å². The molecule has 1 heterocycles. The van der Waals surface area contributed by atoms with Crippen molar-refractivity contribution in [3.8, 4) is 0 Å². The van der Waals surface area contributed by atoms with E-state index in [1.165, 1.54) is 11.1 Å². The molecule has 0 radical (unpaired) electrons. The van der Waals surface area contributed by atoms with Crippen molar-refractivity contribution < 1.29 is 9.90 Å². The SMILES string of the molecule is CC1(C(=O)O)CCCN1C1CCc2cc(Br)ccc2C1. The van der Waals surface area contributed by atoms with Crippen LogP contribution in [0.25, 0.3) is 0 Å². The van der Waals surface area contributed by atoms with Crippen LogP contribution in [0.2, 0.25) is 0 Å². The van der Waals surface area contributed by atoms with Crippen molar-refractivity contribution in [1.82, 2.24) is 4.90 Å². The number of hydrogen-bond donors (Lipinski definition) is 1. The number of rotatable bonds is 2. The molecule has 4 heteroatoms. The Balaban J connectivity index is 1.83. The summed E-state index contributed by atoms with van der Waals surface area (Å²) < 4.78 is 1.13. The van der Waals surface area contributed by atoms with Crippen molar-refractivity contribution in [2.24, 2.45) is 0 Å². The van der Waals surface area contributed by atoms with E-state index in [0.717, 1.165) is 43.1 Å². The predicted molar refractivity (Wildman–Crippen MR) is 81.9 cm³/mol. The van der Waals surface area contributed by atoms with E-state index in [0.29, 0.717) is 6.04 Å². The zero-order valence-electron chi connectivity index (χ0n) is 11.7. The fourth-order valence-electron chi connectivity index (χ4n) is 3.77. The highest BCUT2D eigenvalue weighted by molar-refractivity contribution is 9.10. The molecule has 2 aliphatic rings. The van der Waals surface area contributed by atoms with Gasteiger partial charge in [0.15, 0.2) is 0 Å². The third kappa shape index (κ3) is 2.29. The topological polar surface area (TPSA) is 40.5 Å². The number of carboxylic acid groups (broad SMARTS) is 1. The van der Waals surface area contributed by atoms with Crippen LogP contribution in [0.4, 0.5) is 0 Å². The molecule has 3 nitrogen and oxygen atoms in total. The summed E-state index contributed by atoms with van der Waals surface area (Å²) in [6, 6.07) is 6.83. The number of fused-ring (bicyclic) bond motifs is 1. The first kappa shape index (κ1) is 14.1. The summed E-state index contributed by atoms with van der Waals surface area (Å²) in [6.45, 7) is 2.80. The molecule has 0 saturated carbocycles. The molecule has 20 heavy (non-hydrogen) atoms. The summed E-state index contributed by atoms with van der Waals surface area (Å²) in [5.41, 5.74) is 2.12. The number of benzene rings is 1. The molecule has 0 bridgehead atoms. The van der Waals surface area contributed by atoms with E-state index in [4.69, 9.17) is 0 Å². The van der Waals surface area contributed by atoms with Gasteiger partial charge in [-0.3, -0.25) is 9.69 Å². The van der Waals surface area contributed by atoms with Gasteiger partial charge in [0.2, 0.25) is 0 Å². The fraction of sp³-hybridized carbons (Fsp3) is 0.562. The molecule has 1 aromatic rings. The van der Waals surface area contributed by atoms with Gasteiger partial charge in [0.05, 0.1) is 0 Å². The number of aliphatic carboxylic acids is 1. The molecule has 1 aromatic carbocycles. The summed E-state index contributed by atoms with van der Waals surface area (Å²) >= 11 is 3.52. The maximum atomic E-state index is 11.6. The Morgan fingerprint density at radius 3 is 3.00 bits per heavy atom. The number of carbonyl (C=O) groups is 1. The molecule has 0 amide bonds. The first-order valence-electron chi connectivity index (χ1n) is 7.28. The van der Waals surface area contributed by atoms with E-state index in [-0.39, 0.29) is 0 Å². The van der Waals surface area contributed by atoms with Crippen LogP contribution in [0.3, 0.4) is 0 Å². The van der Waals surface area contributed by atoms with Crippen molar-refractivity contribution in [3.05, 3.63) is 33.8 Å². The minimum Gasteiger partial charge on any atom is -0.480 e. The second-order valence-corrected chi connectivity index (χ2v) is 7.10. The smallest absolute Gasteiger partial charge is 0.323 e. The third-order valence-corrected chi connectivity index (χ3v) is 5.46. The number of aryl methyl sites for hydroxylation is 1. The average Bonchev–Trinajstić information content (AvgIpc) is 2.82. The van der Waals surface area contributed by atoms with Gasteiger partial charge >= 0.3 is 5.97 Å². The van der Waals surface area contributed by atoms with E-state index in [2.05, 4.69) is 39.0 Å². The second-order valence-electron chi connectivity index (χ2n) is 6.19. The first-order valence-corrected chi connectivity index (χ1v) is 8.07. The van der Waals surface area contributed by atoms with Gasteiger partial charge in [-0.15, -0.1) is 0 Å². The van der Waals surface area contributed by atoms with Crippen LogP contribution in [0.15, 0.2) is 22.7 Å². The normalized spacial score (nSPS) is 30.2. The Labute approximate surface area is 128 Å². The zero-order valence-corrected chi connectivity index (χ0v) is 13.3. The highest BCUT2D eigenvalue weighted by Gasteiger charge is 2.46. The molecular formula is C16H20BrNO2. The van der Waals surface area contributed by atoms with Gasteiger partial charge in [-0.1, -0.05) is 22.0 Å². The lowest BCUT2D eigenvalue weighted by Crippen LogP contribution is -2.54. The maximum Gasteiger partial charge on any atom is 0.323 e. The molecule has 108 valence electrons. The lowest BCUT2D eigenvalue weighted by atomic mass is 9.85. The van der Waals surface area contributed by atoms with Gasteiger partial charge in [-0.25, -0.2) is 0 Å². The number of carboxylic acids is 1. The molecule has 1 aliphatic carbocycles. The molecule has 3 rings (SSSR count). The Hall–Kier alpha value is -0.870. The van der Waals surface area contributed by atoms with Crippen LogP contribution in [-0.4, -0.2) is 34.1 Å². The Morgan fingerprint density at radius 2 is 2.25 bits per heavy atom. The fourth-order valence-corrected chi connectivity index (χ4v) is 4.18. The van der Waals surface area contributed by atoms with Crippen LogP contribution in [-0.2, 0) is 17.6 Å². The third-order valence-electron chi connectivity index (χ3n) is 4.97. The predicted octanol–water partition coefficient (Wildman–Crippen LogP) is 3.25. The van der Waals surface area contributed by atoms with Crippen LogP contribution in [0, 0.1) is 0 Å². The van der Waals surface area contributed by atoms with Crippen molar-refractivity contribution >= 4 is 21.9 Å². The van der Waals surface area contributed by atoms with Crippen LogP contribution in [0.1, 0.15) is 37.3 Å². The Bertz CT molecular complexity index is 545. The average molecular weight is 338 g/mol. The van der Waals surface area contributed by atoms with Gasteiger partial charge < -0.3 is 5.11 Å². The molecule has 1 saturated heterocycles. The summed E-state index contributed by atoms with van der Waals surface area (Å²) in [6.07, 6.45) is 4.85. The Kier molecular flexibility index (Phi) is 3.63. The first-order chi connectivity index (χ1) is 9.50. The van der Waals surface area contributed by atoms with E-state index >= 15 is 0 Å². The lowest BCUT2D eigenvalue weighted by Gasteiger charge is -2.40. The summed E-state index contributed by atoms with van der Waals surface area (Å²) in [4.78, 5) is 13.9. The van der Waals surface area contributed by atoms with Gasteiger partial charge in [-0.05, 0) is 68.8 Å². The minimum absolute atomic E-state index is 0.368. The molecular weight excluding hydrogens is 318 g/mol. The summed E-state index contributed by atoms with van der Waals surface area (Å²) in [5, 5.41) is 9.56. The molecule has 1 fully saturated rings. The standard InChI is InChI=1S/C16H20BrNO2/c1-16(15(19)20)7-2-8-18(16)14-6-4-11-9-13(17)5-3-12(11)10-14/h3,5,9,14H,2,4,6-8,10H2,1H3,(H,19,20). The van der Waals surface area contributed by atoms with Crippen molar-refractivity contribution in [3.63, 3.8) is 0 Å². The zero-order chi connectivity index (χ0) is 14.3. The molecule has 0 aromatic heterocycles. The van der Waals surface area contributed by atoms with Gasteiger partial charge in [0.1, 0.15) is 5.54 Å². The summed E-state index contributed by atoms with van der Waals surface area (Å²) in [5.74, 6) is -0.670. The van der Waals surface area contributed by atoms with E-state index in [1.54, 1.807) is 0 Å².